The van der Waals surface area contributed by atoms with Gasteiger partial charge in [-0.1, -0.05) is 65.8 Å². The molecule has 0 bridgehead atoms. The molecule has 3 aromatic rings. The first kappa shape index (κ1) is 23.3. The largest absolute Gasteiger partial charge is 0.354 e. The fourth-order valence-corrected chi connectivity index (χ4v) is 4.97. The molecule has 0 radical (unpaired) electrons. The Balaban J connectivity index is 1.22. The number of aromatic nitrogens is 3. The molecule has 1 aliphatic heterocycles. The molecule has 7 nitrogen and oxygen atoms in total. The van der Waals surface area contributed by atoms with E-state index in [1.807, 2.05) is 66.2 Å². The molecule has 1 N–H and O–H groups in total. The number of benzene rings is 2. The molecule has 172 valence electrons. The van der Waals surface area contributed by atoms with Gasteiger partial charge in [-0.05, 0) is 23.3 Å². The van der Waals surface area contributed by atoms with Crippen LogP contribution in [0.2, 0.25) is 5.02 Å². The van der Waals surface area contributed by atoms with Gasteiger partial charge in [0.25, 0.3) is 0 Å². The minimum atomic E-state index is -0.158. The Morgan fingerprint density at radius 1 is 1.18 bits per heavy atom. The van der Waals surface area contributed by atoms with Gasteiger partial charge < -0.3 is 14.8 Å². The summed E-state index contributed by atoms with van der Waals surface area (Å²) in [5.74, 6) is 1.55. The SMILES string of the molecule is Cn1c(CCNC(=O)CN2CC(c3ccccc3)CC2=O)nnc1SCc1cccc(Cl)c1. The van der Waals surface area contributed by atoms with Crippen LogP contribution in [0.15, 0.2) is 59.8 Å². The average molecular weight is 484 g/mol. The molecule has 0 saturated carbocycles. The fraction of sp³-hybridized carbons (Fsp3) is 0.333. The summed E-state index contributed by atoms with van der Waals surface area (Å²) in [6, 6.07) is 17.7. The summed E-state index contributed by atoms with van der Waals surface area (Å²) in [5, 5.41) is 12.9. The van der Waals surface area contributed by atoms with Crippen LogP contribution in [0.4, 0.5) is 0 Å². The van der Waals surface area contributed by atoms with E-state index in [1.54, 1.807) is 16.7 Å². The molecule has 2 aromatic carbocycles. The average Bonchev–Trinajstić information content (AvgIpc) is 3.35. The molecule has 1 aromatic heterocycles. The maximum absolute atomic E-state index is 12.4. The number of carbonyl (C=O) groups excluding carboxylic acids is 2. The zero-order chi connectivity index (χ0) is 23.2. The van der Waals surface area contributed by atoms with Gasteiger partial charge in [-0.15, -0.1) is 10.2 Å². The Bertz CT molecular complexity index is 1120. The summed E-state index contributed by atoms with van der Waals surface area (Å²) in [6.07, 6.45) is 1.01. The molecule has 9 heteroatoms. The van der Waals surface area contributed by atoms with Crippen LogP contribution in [0.3, 0.4) is 0 Å². The molecule has 1 fully saturated rings. The fourth-order valence-electron chi connectivity index (χ4n) is 3.88. The lowest BCUT2D eigenvalue weighted by molar-refractivity contribution is -0.133. The first-order valence-electron chi connectivity index (χ1n) is 10.8. The van der Waals surface area contributed by atoms with E-state index < -0.39 is 0 Å². The summed E-state index contributed by atoms with van der Waals surface area (Å²) < 4.78 is 1.94. The van der Waals surface area contributed by atoms with Crippen LogP contribution >= 0.6 is 23.4 Å². The van der Waals surface area contributed by atoms with Crippen LogP contribution in [0.5, 0.6) is 0 Å². The summed E-state index contributed by atoms with van der Waals surface area (Å²) in [5.41, 5.74) is 2.26. The van der Waals surface area contributed by atoms with Crippen molar-refractivity contribution in [3.8, 4) is 0 Å². The van der Waals surface area contributed by atoms with Gasteiger partial charge in [0.2, 0.25) is 11.8 Å². The number of halogens is 1. The van der Waals surface area contributed by atoms with Crippen molar-refractivity contribution in [2.75, 3.05) is 19.6 Å². The highest BCUT2D eigenvalue weighted by Gasteiger charge is 2.31. The maximum Gasteiger partial charge on any atom is 0.239 e. The summed E-state index contributed by atoms with van der Waals surface area (Å²) >= 11 is 7.63. The molecule has 0 aliphatic carbocycles. The minimum Gasteiger partial charge on any atom is -0.354 e. The third kappa shape index (κ3) is 6.15. The van der Waals surface area contributed by atoms with E-state index in [1.165, 1.54) is 0 Å². The summed E-state index contributed by atoms with van der Waals surface area (Å²) in [6.45, 7) is 1.10. The number of nitrogens with zero attached hydrogens (tertiary/aromatic N) is 4. The highest BCUT2D eigenvalue weighted by atomic mass is 35.5. The van der Waals surface area contributed by atoms with Crippen molar-refractivity contribution in [1.82, 2.24) is 25.0 Å². The molecule has 1 saturated heterocycles. The minimum absolute atomic E-state index is 0.0219. The first-order chi connectivity index (χ1) is 16.0. The Morgan fingerprint density at radius 2 is 2.00 bits per heavy atom. The number of nitrogens with one attached hydrogen (secondary N) is 1. The van der Waals surface area contributed by atoms with Crippen LogP contribution in [0, 0.1) is 0 Å². The van der Waals surface area contributed by atoms with Crippen LogP contribution in [0.1, 0.15) is 29.3 Å². The first-order valence-corrected chi connectivity index (χ1v) is 12.2. The third-order valence-electron chi connectivity index (χ3n) is 5.67. The van der Waals surface area contributed by atoms with Gasteiger partial charge in [-0.3, -0.25) is 9.59 Å². The standard InChI is InChI=1S/C24H26ClN5O2S/c1-29-21(27-28-24(29)33-16-17-6-5-9-20(25)12-17)10-11-26-22(31)15-30-14-19(13-23(30)32)18-7-3-2-4-8-18/h2-9,12,19H,10-11,13-16H2,1H3,(H,26,31). The number of likely N-dealkylation sites (tertiary alicyclic amines) is 1. The van der Waals surface area contributed by atoms with E-state index in [0.717, 1.165) is 27.9 Å². The van der Waals surface area contributed by atoms with Crippen LogP contribution in [-0.4, -0.2) is 51.1 Å². The van der Waals surface area contributed by atoms with Gasteiger partial charge in [-0.2, -0.15) is 0 Å². The Kier molecular flexibility index (Phi) is 7.67. The molecule has 4 rings (SSSR count). The summed E-state index contributed by atoms with van der Waals surface area (Å²) in [4.78, 5) is 26.4. The molecule has 33 heavy (non-hydrogen) atoms. The van der Waals surface area contributed by atoms with Gasteiger partial charge >= 0.3 is 0 Å². The zero-order valence-corrected chi connectivity index (χ0v) is 20.0. The lowest BCUT2D eigenvalue weighted by atomic mass is 9.99. The molecule has 1 aliphatic rings. The highest BCUT2D eigenvalue weighted by Crippen LogP contribution is 2.27. The number of thioether (sulfide) groups is 1. The monoisotopic (exact) mass is 483 g/mol. The Morgan fingerprint density at radius 3 is 2.79 bits per heavy atom. The van der Waals surface area contributed by atoms with E-state index in [9.17, 15) is 9.59 Å². The van der Waals surface area contributed by atoms with Crippen LogP contribution in [0.25, 0.3) is 0 Å². The molecule has 0 spiro atoms. The van der Waals surface area contributed by atoms with Crippen LogP contribution < -0.4 is 5.32 Å². The number of amides is 2. The van der Waals surface area contributed by atoms with Gasteiger partial charge in [-0.25, -0.2) is 0 Å². The Labute approximate surface area is 202 Å². The smallest absolute Gasteiger partial charge is 0.239 e. The number of hydrogen-bond acceptors (Lipinski definition) is 5. The van der Waals surface area contributed by atoms with Crippen molar-refractivity contribution in [3.63, 3.8) is 0 Å². The highest BCUT2D eigenvalue weighted by molar-refractivity contribution is 7.98. The van der Waals surface area contributed by atoms with Crippen molar-refractivity contribution in [1.29, 1.82) is 0 Å². The van der Waals surface area contributed by atoms with Gasteiger partial charge in [0.1, 0.15) is 5.82 Å². The predicted molar refractivity (Wildman–Crippen MR) is 129 cm³/mol. The predicted octanol–water partition coefficient (Wildman–Crippen LogP) is 3.44. The van der Waals surface area contributed by atoms with Crippen molar-refractivity contribution in [2.24, 2.45) is 7.05 Å². The van der Waals surface area contributed by atoms with Crippen molar-refractivity contribution in [2.45, 2.75) is 29.7 Å². The van der Waals surface area contributed by atoms with E-state index in [2.05, 4.69) is 15.5 Å². The second-order valence-electron chi connectivity index (χ2n) is 8.06. The summed E-state index contributed by atoms with van der Waals surface area (Å²) in [7, 11) is 1.92. The Hall–Kier alpha value is -2.84. The van der Waals surface area contributed by atoms with E-state index in [0.29, 0.717) is 31.0 Å². The molecular weight excluding hydrogens is 458 g/mol. The second-order valence-corrected chi connectivity index (χ2v) is 9.44. The lowest BCUT2D eigenvalue weighted by Crippen LogP contribution is -2.38. The molecule has 2 amide bonds. The van der Waals surface area contributed by atoms with Crippen LogP contribution in [-0.2, 0) is 28.8 Å². The number of carbonyl (C=O) groups is 2. The normalized spacial score (nSPS) is 15.8. The molecule has 1 atom stereocenters. The van der Waals surface area contributed by atoms with Crippen molar-refractivity contribution < 1.29 is 9.59 Å². The quantitative estimate of drug-likeness (QED) is 0.471. The number of hydrogen-bond donors (Lipinski definition) is 1. The maximum atomic E-state index is 12.4. The van der Waals surface area contributed by atoms with E-state index in [4.69, 9.17) is 11.6 Å². The van der Waals surface area contributed by atoms with Gasteiger partial charge in [0.15, 0.2) is 5.16 Å². The molecular formula is C24H26ClN5O2S. The van der Waals surface area contributed by atoms with Crippen molar-refractivity contribution in [3.05, 3.63) is 76.6 Å². The lowest BCUT2D eigenvalue weighted by Gasteiger charge is -2.16. The molecule has 2 heterocycles. The number of rotatable bonds is 9. The van der Waals surface area contributed by atoms with Gasteiger partial charge in [0.05, 0.1) is 6.54 Å². The second kappa shape index (κ2) is 10.9. The van der Waals surface area contributed by atoms with Gasteiger partial charge in [0, 0.05) is 49.7 Å². The molecule has 1 unspecified atom stereocenters. The topological polar surface area (TPSA) is 80.1 Å². The third-order valence-corrected chi connectivity index (χ3v) is 7.00. The van der Waals surface area contributed by atoms with E-state index >= 15 is 0 Å². The van der Waals surface area contributed by atoms with E-state index in [-0.39, 0.29) is 24.3 Å². The zero-order valence-electron chi connectivity index (χ0n) is 18.4. The van der Waals surface area contributed by atoms with Crippen molar-refractivity contribution >= 4 is 35.2 Å².